The van der Waals surface area contributed by atoms with Crippen LogP contribution in [0.25, 0.3) is 11.1 Å². The summed E-state index contributed by atoms with van der Waals surface area (Å²) in [4.78, 5) is 4.71. The highest BCUT2D eigenvalue weighted by atomic mass is 19.1. The zero-order valence-electron chi connectivity index (χ0n) is 15.4. The van der Waals surface area contributed by atoms with Gasteiger partial charge in [0.05, 0.1) is 0 Å². The fourth-order valence-corrected chi connectivity index (χ4v) is 4.30. The molecule has 0 amide bonds. The van der Waals surface area contributed by atoms with Gasteiger partial charge < -0.3 is 5.11 Å². The van der Waals surface area contributed by atoms with Gasteiger partial charge >= 0.3 is 0 Å². The first kappa shape index (κ1) is 17.7. The van der Waals surface area contributed by atoms with Crippen LogP contribution in [-0.2, 0) is 6.42 Å². The number of aliphatic hydroxyl groups excluding tert-OH is 1. The van der Waals surface area contributed by atoms with Gasteiger partial charge in [0.1, 0.15) is 12.0 Å². The number of hydrogen-bond donors (Lipinski definition) is 1. The molecule has 2 heterocycles. The molecule has 2 aromatic carbocycles. The number of benzene rings is 2. The van der Waals surface area contributed by atoms with E-state index in [1.807, 2.05) is 12.1 Å². The maximum absolute atomic E-state index is 13.1. The summed E-state index contributed by atoms with van der Waals surface area (Å²) in [6.07, 6.45) is 2.99. The molecule has 1 unspecified atom stereocenters. The van der Waals surface area contributed by atoms with Crippen molar-refractivity contribution in [1.82, 2.24) is 9.80 Å². The molecule has 1 N–H and O–H groups in total. The van der Waals surface area contributed by atoms with E-state index in [9.17, 15) is 9.50 Å². The Bertz CT molecular complexity index is 761. The Morgan fingerprint density at radius 2 is 1.73 bits per heavy atom. The van der Waals surface area contributed by atoms with E-state index in [-0.39, 0.29) is 5.82 Å². The van der Waals surface area contributed by atoms with E-state index >= 15 is 0 Å². The summed E-state index contributed by atoms with van der Waals surface area (Å²) in [5.41, 5.74) is 4.30. The average Bonchev–Trinajstić information content (AvgIpc) is 3.06. The molecule has 2 atom stereocenters. The molecule has 0 radical (unpaired) electrons. The third kappa shape index (κ3) is 3.54. The van der Waals surface area contributed by atoms with Crippen LogP contribution in [0, 0.1) is 5.82 Å². The van der Waals surface area contributed by atoms with Gasteiger partial charge in [-0.2, -0.15) is 0 Å². The molecular weight excluding hydrogens is 327 g/mol. The van der Waals surface area contributed by atoms with Crippen molar-refractivity contribution >= 4 is 0 Å². The van der Waals surface area contributed by atoms with Gasteiger partial charge in [0, 0.05) is 25.7 Å². The summed E-state index contributed by atoms with van der Waals surface area (Å²) in [7, 11) is 0. The van der Waals surface area contributed by atoms with Crippen LogP contribution >= 0.6 is 0 Å². The lowest BCUT2D eigenvalue weighted by Gasteiger charge is -2.35. The summed E-state index contributed by atoms with van der Waals surface area (Å²) >= 11 is 0. The predicted molar refractivity (Wildman–Crippen MR) is 102 cm³/mol. The largest absolute Gasteiger partial charge is 0.374 e. The Morgan fingerprint density at radius 1 is 1.00 bits per heavy atom. The van der Waals surface area contributed by atoms with Gasteiger partial charge in [-0.3, -0.25) is 9.80 Å². The molecule has 4 heteroatoms. The number of nitrogens with zero attached hydrogens (tertiary/aromatic N) is 2. The maximum Gasteiger partial charge on any atom is 0.133 e. The van der Waals surface area contributed by atoms with Crippen LogP contribution in [-0.4, -0.2) is 47.1 Å². The number of halogens is 1. The van der Waals surface area contributed by atoms with E-state index in [1.165, 1.54) is 37.1 Å². The summed E-state index contributed by atoms with van der Waals surface area (Å²) < 4.78 is 13.1. The number of likely N-dealkylation sites (tertiary alicyclic amines) is 1. The first-order chi connectivity index (χ1) is 12.6. The number of fused-ring (bicyclic) bond motifs is 1. The lowest BCUT2D eigenvalue weighted by molar-refractivity contribution is -0.0117. The molecule has 1 saturated heterocycles. The van der Waals surface area contributed by atoms with Crippen molar-refractivity contribution in [2.45, 2.75) is 38.5 Å². The Labute approximate surface area is 155 Å². The van der Waals surface area contributed by atoms with E-state index in [0.717, 1.165) is 42.7 Å². The standard InChI is InChI=1S/C22H27FN2O/c1-16-3-2-11-24(16)13-14-25-12-10-19-15-18(6-9-21(19)22(25)26)17-4-7-20(23)8-5-17/h4-9,15-16,22,26H,2-3,10-14H2,1H3/t16-,22?/m0/s1. The molecule has 0 aromatic heterocycles. The van der Waals surface area contributed by atoms with Crippen molar-refractivity contribution < 1.29 is 9.50 Å². The second-order valence-electron chi connectivity index (χ2n) is 7.61. The van der Waals surface area contributed by atoms with Crippen molar-refractivity contribution in [2.75, 3.05) is 26.2 Å². The highest BCUT2D eigenvalue weighted by Gasteiger charge is 2.27. The summed E-state index contributed by atoms with van der Waals surface area (Å²) in [6, 6.07) is 13.5. The normalized spacial score (nSPS) is 24.0. The highest BCUT2D eigenvalue weighted by Crippen LogP contribution is 2.31. The quantitative estimate of drug-likeness (QED) is 0.904. The maximum atomic E-state index is 13.1. The van der Waals surface area contributed by atoms with Crippen LogP contribution < -0.4 is 0 Å². The van der Waals surface area contributed by atoms with Gasteiger partial charge in [-0.15, -0.1) is 0 Å². The SMILES string of the molecule is C[C@H]1CCCN1CCN1CCc2cc(-c3ccc(F)cc3)ccc2C1O. The van der Waals surface area contributed by atoms with Crippen LogP contribution in [0.3, 0.4) is 0 Å². The minimum Gasteiger partial charge on any atom is -0.374 e. The van der Waals surface area contributed by atoms with Gasteiger partial charge in [-0.1, -0.05) is 30.3 Å². The van der Waals surface area contributed by atoms with Gasteiger partial charge in [-0.05, 0) is 67.1 Å². The van der Waals surface area contributed by atoms with E-state index in [4.69, 9.17) is 0 Å². The molecule has 3 nitrogen and oxygen atoms in total. The van der Waals surface area contributed by atoms with E-state index in [0.29, 0.717) is 6.04 Å². The predicted octanol–water partition coefficient (Wildman–Crippen LogP) is 3.83. The van der Waals surface area contributed by atoms with Gasteiger partial charge in [0.25, 0.3) is 0 Å². The van der Waals surface area contributed by atoms with Crippen LogP contribution in [0.4, 0.5) is 4.39 Å². The molecule has 0 bridgehead atoms. The van der Waals surface area contributed by atoms with Crippen LogP contribution in [0.1, 0.15) is 37.1 Å². The summed E-state index contributed by atoms with van der Waals surface area (Å²) in [6.45, 7) is 6.30. The van der Waals surface area contributed by atoms with E-state index < -0.39 is 6.23 Å². The van der Waals surface area contributed by atoms with Gasteiger partial charge in [0.2, 0.25) is 0 Å². The molecule has 26 heavy (non-hydrogen) atoms. The smallest absolute Gasteiger partial charge is 0.133 e. The number of aliphatic hydroxyl groups is 1. The summed E-state index contributed by atoms with van der Waals surface area (Å²) in [5, 5.41) is 10.8. The second kappa shape index (κ2) is 7.47. The third-order valence-corrected chi connectivity index (χ3v) is 5.98. The van der Waals surface area contributed by atoms with Crippen molar-refractivity contribution in [3.8, 4) is 11.1 Å². The molecule has 4 rings (SSSR count). The zero-order valence-corrected chi connectivity index (χ0v) is 15.4. The molecular formula is C22H27FN2O. The minimum atomic E-state index is -0.529. The van der Waals surface area contributed by atoms with Gasteiger partial charge in [-0.25, -0.2) is 4.39 Å². The van der Waals surface area contributed by atoms with Crippen LogP contribution in [0.2, 0.25) is 0 Å². The van der Waals surface area contributed by atoms with Crippen molar-refractivity contribution in [3.05, 3.63) is 59.4 Å². The molecule has 0 spiro atoms. The summed E-state index contributed by atoms with van der Waals surface area (Å²) in [5.74, 6) is -0.218. The monoisotopic (exact) mass is 354 g/mol. The third-order valence-electron chi connectivity index (χ3n) is 5.98. The Morgan fingerprint density at radius 3 is 2.46 bits per heavy atom. The van der Waals surface area contributed by atoms with Crippen LogP contribution in [0.5, 0.6) is 0 Å². The van der Waals surface area contributed by atoms with Crippen molar-refractivity contribution in [2.24, 2.45) is 0 Å². The fourth-order valence-electron chi connectivity index (χ4n) is 4.30. The first-order valence-electron chi connectivity index (χ1n) is 9.67. The van der Waals surface area contributed by atoms with Crippen molar-refractivity contribution in [1.29, 1.82) is 0 Å². The molecule has 1 fully saturated rings. The first-order valence-corrected chi connectivity index (χ1v) is 9.67. The Kier molecular flexibility index (Phi) is 5.07. The lowest BCUT2D eigenvalue weighted by Crippen LogP contribution is -2.41. The minimum absolute atomic E-state index is 0.218. The molecule has 0 saturated carbocycles. The van der Waals surface area contributed by atoms with E-state index in [2.05, 4.69) is 22.8 Å². The van der Waals surface area contributed by atoms with Gasteiger partial charge in [0.15, 0.2) is 0 Å². The highest BCUT2D eigenvalue weighted by molar-refractivity contribution is 5.65. The molecule has 2 aromatic rings. The topological polar surface area (TPSA) is 26.7 Å². The number of hydrogen-bond acceptors (Lipinski definition) is 3. The second-order valence-corrected chi connectivity index (χ2v) is 7.61. The number of rotatable bonds is 4. The Hall–Kier alpha value is -1.75. The average molecular weight is 354 g/mol. The molecule has 2 aliphatic rings. The lowest BCUT2D eigenvalue weighted by atomic mass is 9.93. The molecule has 0 aliphatic carbocycles. The molecule has 2 aliphatic heterocycles. The van der Waals surface area contributed by atoms with E-state index in [1.54, 1.807) is 12.1 Å². The molecule has 138 valence electrons. The Balaban J connectivity index is 1.46. The fraction of sp³-hybridized carbons (Fsp3) is 0.455. The zero-order chi connectivity index (χ0) is 18.1. The van der Waals surface area contributed by atoms with Crippen LogP contribution in [0.15, 0.2) is 42.5 Å². The van der Waals surface area contributed by atoms with Crippen molar-refractivity contribution in [3.63, 3.8) is 0 Å².